The summed E-state index contributed by atoms with van der Waals surface area (Å²) >= 11 is 5.52. The van der Waals surface area contributed by atoms with Gasteiger partial charge in [-0.15, -0.1) is 0 Å². The Morgan fingerprint density at radius 1 is 1.30 bits per heavy atom. The van der Waals surface area contributed by atoms with Crippen molar-refractivity contribution in [2.75, 3.05) is 0 Å². The van der Waals surface area contributed by atoms with Gasteiger partial charge in [0.15, 0.2) is 0 Å². The maximum absolute atomic E-state index is 5.52. The van der Waals surface area contributed by atoms with E-state index in [9.17, 15) is 0 Å². The van der Waals surface area contributed by atoms with Crippen LogP contribution in [0.4, 0.5) is 0 Å². The Morgan fingerprint density at radius 3 is 2.20 bits per heavy atom. The lowest BCUT2D eigenvalue weighted by Gasteiger charge is -2.33. The van der Waals surface area contributed by atoms with Gasteiger partial charge in [-0.1, -0.05) is 13.8 Å². The van der Waals surface area contributed by atoms with E-state index in [4.69, 9.17) is 11.8 Å². The molecule has 1 aliphatic carbocycles. The molecule has 1 N–H and O–H groups in total. The summed E-state index contributed by atoms with van der Waals surface area (Å²) in [4.78, 5) is 2.81. The molecule has 0 aromatic carbocycles. The van der Waals surface area contributed by atoms with Crippen LogP contribution >= 0.6 is 11.8 Å². The van der Waals surface area contributed by atoms with Crippen LogP contribution in [0.25, 0.3) is 0 Å². The molecule has 1 nitrogen and oxygen atoms in total. The second-order valence-electron chi connectivity index (χ2n) is 4.05. The smallest absolute Gasteiger partial charge is 0.0221 e. The molecule has 0 aromatic heterocycles. The van der Waals surface area contributed by atoms with E-state index in [1.54, 1.807) is 0 Å². The van der Waals surface area contributed by atoms with Crippen LogP contribution in [0.1, 0.15) is 39.5 Å². The molecule has 0 amide bonds. The molecule has 0 aliphatic heterocycles. The predicted molar refractivity (Wildman–Crippen MR) is 45.0 cm³/mol. The van der Waals surface area contributed by atoms with Crippen molar-refractivity contribution in [3.8, 4) is 0 Å². The molecule has 1 saturated carbocycles. The molecule has 1 fully saturated rings. The van der Waals surface area contributed by atoms with Crippen molar-refractivity contribution in [3.05, 3.63) is 0 Å². The van der Waals surface area contributed by atoms with E-state index in [2.05, 4.69) is 18.7 Å². The van der Waals surface area contributed by atoms with Crippen molar-refractivity contribution >= 4 is 11.8 Å². The van der Waals surface area contributed by atoms with Gasteiger partial charge in [-0.3, -0.25) is 0 Å². The molecule has 0 unspecified atom stereocenters. The van der Waals surface area contributed by atoms with Gasteiger partial charge in [0.25, 0.3) is 0 Å². The van der Waals surface area contributed by atoms with Gasteiger partial charge < -0.3 is 0 Å². The zero-order valence-corrected chi connectivity index (χ0v) is 7.54. The van der Waals surface area contributed by atoms with E-state index in [0.717, 1.165) is 0 Å². The summed E-state index contributed by atoms with van der Waals surface area (Å²) in [5.41, 5.74) is 0.560. The predicted octanol–water partition coefficient (Wildman–Crippen LogP) is 2.70. The van der Waals surface area contributed by atoms with E-state index in [0.29, 0.717) is 11.5 Å². The molecule has 0 aromatic rings. The zero-order valence-electron chi connectivity index (χ0n) is 6.78. The summed E-state index contributed by atoms with van der Waals surface area (Å²) in [5, 5.41) is 0. The van der Waals surface area contributed by atoms with E-state index in [1.165, 1.54) is 25.7 Å². The van der Waals surface area contributed by atoms with Gasteiger partial charge in [0.2, 0.25) is 0 Å². The molecule has 1 aliphatic rings. The normalized spacial score (nSPS) is 26.7. The van der Waals surface area contributed by atoms with E-state index in [-0.39, 0.29) is 0 Å². The Kier molecular flexibility index (Phi) is 2.59. The molecule has 0 spiro atoms. The summed E-state index contributed by atoms with van der Waals surface area (Å²) in [6.45, 7) is 4.66. The molecular weight excluding hydrogens is 146 g/mol. The van der Waals surface area contributed by atoms with E-state index in [1.807, 2.05) is 0 Å². The highest BCUT2D eigenvalue weighted by Gasteiger charge is 2.25. The first-order valence-corrected chi connectivity index (χ1v) is 4.38. The van der Waals surface area contributed by atoms with Gasteiger partial charge in [0, 0.05) is 6.04 Å². The minimum atomic E-state index is 0.560. The van der Waals surface area contributed by atoms with E-state index < -0.39 is 0 Å². The molecule has 0 saturated heterocycles. The molecule has 10 heavy (non-hydrogen) atoms. The van der Waals surface area contributed by atoms with Crippen LogP contribution in [0.5, 0.6) is 0 Å². The average Bonchev–Trinajstić information content (AvgIpc) is 1.88. The minimum Gasteiger partial charge on any atom is -0.230 e. The van der Waals surface area contributed by atoms with Gasteiger partial charge in [0.1, 0.15) is 0 Å². The zero-order chi connectivity index (χ0) is 7.61. The third-order valence-corrected chi connectivity index (χ3v) is 2.80. The van der Waals surface area contributed by atoms with Gasteiger partial charge in [0.05, 0.1) is 0 Å². The van der Waals surface area contributed by atoms with Crippen molar-refractivity contribution in [2.24, 2.45) is 5.41 Å². The molecule has 60 valence electrons. The first kappa shape index (κ1) is 8.35. The van der Waals surface area contributed by atoms with Crippen LogP contribution < -0.4 is 4.84 Å². The Balaban J connectivity index is 2.31. The van der Waals surface area contributed by atoms with Gasteiger partial charge in [-0.2, -0.15) is 0 Å². The third-order valence-electron chi connectivity index (χ3n) is 2.49. The van der Waals surface area contributed by atoms with Crippen molar-refractivity contribution in [3.63, 3.8) is 0 Å². The largest absolute Gasteiger partial charge is 0.230 e. The monoisotopic (exact) mass is 161 g/mol. The Morgan fingerprint density at radius 2 is 1.80 bits per heavy atom. The van der Waals surface area contributed by atoms with Crippen LogP contribution in [-0.2, 0) is 0 Å². The lowest BCUT2D eigenvalue weighted by atomic mass is 9.76. The summed E-state index contributed by atoms with van der Waals surface area (Å²) < 4.78 is 0. The van der Waals surface area contributed by atoms with Crippen LogP contribution in [0.2, 0.25) is 0 Å². The highest BCUT2D eigenvalue weighted by atomic mass is 35.5. The number of hydrogen-bond donors (Lipinski definition) is 1. The second kappa shape index (κ2) is 3.10. The van der Waals surface area contributed by atoms with Crippen molar-refractivity contribution in [2.45, 2.75) is 45.6 Å². The van der Waals surface area contributed by atoms with Crippen LogP contribution in [-0.4, -0.2) is 6.04 Å². The lowest BCUT2D eigenvalue weighted by molar-refractivity contribution is 0.219. The number of rotatable bonds is 1. The molecule has 0 radical (unpaired) electrons. The fourth-order valence-electron chi connectivity index (χ4n) is 1.51. The first-order valence-electron chi connectivity index (χ1n) is 4.00. The topological polar surface area (TPSA) is 12.0 Å². The van der Waals surface area contributed by atoms with Crippen molar-refractivity contribution in [1.82, 2.24) is 4.84 Å². The summed E-state index contributed by atoms with van der Waals surface area (Å²) in [7, 11) is 0. The van der Waals surface area contributed by atoms with E-state index >= 15 is 0 Å². The second-order valence-corrected chi connectivity index (χ2v) is 4.27. The number of nitrogens with one attached hydrogen (secondary N) is 1. The summed E-state index contributed by atoms with van der Waals surface area (Å²) in [6, 6.07) is 0.565. The number of hydrogen-bond acceptors (Lipinski definition) is 1. The quantitative estimate of drug-likeness (QED) is 0.584. The molecule has 1 rings (SSSR count). The van der Waals surface area contributed by atoms with Crippen molar-refractivity contribution in [1.29, 1.82) is 0 Å². The van der Waals surface area contributed by atoms with Crippen LogP contribution in [0, 0.1) is 5.41 Å². The highest BCUT2D eigenvalue weighted by Crippen LogP contribution is 2.34. The minimum absolute atomic E-state index is 0.560. The highest BCUT2D eigenvalue weighted by molar-refractivity contribution is 6.13. The SMILES string of the molecule is CC1(C)CCC(NCl)CC1. The summed E-state index contributed by atoms with van der Waals surface area (Å²) in [5.74, 6) is 0. The average molecular weight is 162 g/mol. The fraction of sp³-hybridized carbons (Fsp3) is 1.00. The molecule has 0 atom stereocenters. The Bertz CT molecular complexity index is 102. The maximum atomic E-state index is 5.52. The molecule has 2 heteroatoms. The third kappa shape index (κ3) is 2.14. The van der Waals surface area contributed by atoms with Gasteiger partial charge >= 0.3 is 0 Å². The summed E-state index contributed by atoms with van der Waals surface area (Å²) in [6.07, 6.45) is 5.07. The first-order chi connectivity index (χ1) is 4.64. The number of halogens is 1. The Hall–Kier alpha value is 0.250. The Labute approximate surface area is 68.3 Å². The lowest BCUT2D eigenvalue weighted by Crippen LogP contribution is -2.30. The maximum Gasteiger partial charge on any atom is 0.0221 e. The fourth-order valence-corrected chi connectivity index (χ4v) is 1.73. The molecule has 0 heterocycles. The van der Waals surface area contributed by atoms with Crippen LogP contribution in [0.15, 0.2) is 0 Å². The standard InChI is InChI=1S/C8H16ClN/c1-8(2)5-3-7(10-9)4-6-8/h7,10H,3-6H2,1-2H3. The van der Waals surface area contributed by atoms with Crippen molar-refractivity contribution < 1.29 is 0 Å². The van der Waals surface area contributed by atoms with Gasteiger partial charge in [-0.25, -0.2) is 4.84 Å². The molecular formula is C8H16ClN. The van der Waals surface area contributed by atoms with Crippen LogP contribution in [0.3, 0.4) is 0 Å². The van der Waals surface area contributed by atoms with Gasteiger partial charge in [-0.05, 0) is 42.9 Å². The molecule has 0 bridgehead atoms.